The van der Waals surface area contributed by atoms with Gasteiger partial charge in [-0.05, 0) is 12.1 Å². The lowest BCUT2D eigenvalue weighted by Crippen LogP contribution is -2.42. The molecule has 0 atom stereocenters. The normalized spacial score (nSPS) is 10.6. The summed E-state index contributed by atoms with van der Waals surface area (Å²) in [5, 5.41) is 8.96. The third kappa shape index (κ3) is 3.83. The van der Waals surface area contributed by atoms with Gasteiger partial charge in [-0.15, -0.1) is 0 Å². The Morgan fingerprint density at radius 1 is 1.20 bits per heavy atom. The molecule has 30 heavy (non-hydrogen) atoms. The molecule has 0 saturated heterocycles. The summed E-state index contributed by atoms with van der Waals surface area (Å²) in [4.78, 5) is 54.8. The molecule has 0 aliphatic rings. The van der Waals surface area contributed by atoms with E-state index in [1.807, 2.05) is 6.07 Å². The van der Waals surface area contributed by atoms with Crippen molar-refractivity contribution in [1.82, 2.24) is 18.7 Å². The average Bonchev–Trinajstić information content (AvgIpc) is 3.14. The first kappa shape index (κ1) is 20.5. The number of para-hydroxylation sites is 1. The number of fused-ring (bicyclic) bond motifs is 1. The van der Waals surface area contributed by atoms with Gasteiger partial charge < -0.3 is 9.30 Å². The summed E-state index contributed by atoms with van der Waals surface area (Å²) in [6, 6.07) is 10.3. The van der Waals surface area contributed by atoms with E-state index in [-0.39, 0.29) is 17.7 Å². The van der Waals surface area contributed by atoms with Crippen molar-refractivity contribution in [3.63, 3.8) is 0 Å². The van der Waals surface area contributed by atoms with E-state index in [0.717, 1.165) is 9.13 Å². The molecule has 0 N–H and O–H groups in total. The fourth-order valence-corrected chi connectivity index (χ4v) is 2.93. The fraction of sp³-hybridized carbons (Fsp3) is 0.263. The zero-order valence-corrected chi connectivity index (χ0v) is 16.3. The van der Waals surface area contributed by atoms with Crippen LogP contribution in [0.2, 0.25) is 0 Å². The van der Waals surface area contributed by atoms with Gasteiger partial charge in [-0.1, -0.05) is 18.2 Å². The van der Waals surface area contributed by atoms with E-state index in [2.05, 4.69) is 4.98 Å². The molecular formula is C19H18N6O5. The molecule has 1 aromatic carbocycles. The van der Waals surface area contributed by atoms with Crippen LogP contribution in [0.3, 0.4) is 0 Å². The fourth-order valence-electron chi connectivity index (χ4n) is 2.93. The van der Waals surface area contributed by atoms with Crippen LogP contribution in [0.5, 0.6) is 0 Å². The van der Waals surface area contributed by atoms with Crippen LogP contribution >= 0.6 is 0 Å². The minimum atomic E-state index is -0.936. The summed E-state index contributed by atoms with van der Waals surface area (Å²) in [6.45, 7) is -1.53. The first-order valence-electron chi connectivity index (χ1n) is 8.84. The number of carbonyl (C=O) groups is 2. The van der Waals surface area contributed by atoms with E-state index in [4.69, 9.17) is 10.00 Å². The molecule has 11 nitrogen and oxygen atoms in total. The molecule has 0 aliphatic carbocycles. The Hall–Kier alpha value is -4.20. The van der Waals surface area contributed by atoms with Crippen molar-refractivity contribution in [2.75, 3.05) is 18.1 Å². The number of nitriles is 1. The van der Waals surface area contributed by atoms with Gasteiger partial charge in [-0.3, -0.25) is 23.9 Å². The molecule has 0 radical (unpaired) electrons. The van der Waals surface area contributed by atoms with Crippen LogP contribution in [0.15, 0.2) is 46.2 Å². The predicted octanol–water partition coefficient (Wildman–Crippen LogP) is -0.466. The van der Waals surface area contributed by atoms with Gasteiger partial charge in [-0.2, -0.15) is 5.26 Å². The summed E-state index contributed by atoms with van der Waals surface area (Å²) in [5.41, 5.74) is -0.587. The number of benzene rings is 1. The molecule has 0 spiro atoms. The van der Waals surface area contributed by atoms with E-state index in [9.17, 15) is 19.2 Å². The van der Waals surface area contributed by atoms with Crippen molar-refractivity contribution in [1.29, 1.82) is 5.26 Å². The van der Waals surface area contributed by atoms with Crippen molar-refractivity contribution in [3.05, 3.63) is 57.5 Å². The molecule has 2 heterocycles. The van der Waals surface area contributed by atoms with Crippen LogP contribution in [-0.4, -0.2) is 43.7 Å². The molecule has 154 valence electrons. The van der Waals surface area contributed by atoms with E-state index >= 15 is 0 Å². The van der Waals surface area contributed by atoms with Crippen LogP contribution in [0.1, 0.15) is 0 Å². The SMILES string of the molecule is Cn1cnc2c1c(=O)n(CC(=O)OCC(=O)N(CC#N)c1ccccc1)c(=O)n2C. The van der Waals surface area contributed by atoms with Crippen molar-refractivity contribution in [3.8, 4) is 6.07 Å². The molecule has 0 bridgehead atoms. The maximum Gasteiger partial charge on any atom is 0.333 e. The number of imidazole rings is 1. The summed E-state index contributed by atoms with van der Waals surface area (Å²) >= 11 is 0. The molecule has 1 amide bonds. The van der Waals surface area contributed by atoms with Crippen LogP contribution in [0.4, 0.5) is 5.69 Å². The Morgan fingerprint density at radius 2 is 1.90 bits per heavy atom. The van der Waals surface area contributed by atoms with Gasteiger partial charge in [0.05, 0.1) is 12.4 Å². The summed E-state index contributed by atoms with van der Waals surface area (Å²) < 4.78 is 8.28. The van der Waals surface area contributed by atoms with Gasteiger partial charge in [0.1, 0.15) is 13.1 Å². The van der Waals surface area contributed by atoms with E-state index in [0.29, 0.717) is 5.69 Å². The highest BCUT2D eigenvalue weighted by molar-refractivity contribution is 5.95. The second kappa shape index (κ2) is 8.44. The second-order valence-electron chi connectivity index (χ2n) is 6.39. The lowest BCUT2D eigenvalue weighted by Gasteiger charge is -2.19. The van der Waals surface area contributed by atoms with Crippen molar-refractivity contribution in [2.24, 2.45) is 14.1 Å². The van der Waals surface area contributed by atoms with Gasteiger partial charge in [0.15, 0.2) is 17.8 Å². The largest absolute Gasteiger partial charge is 0.454 e. The zero-order valence-electron chi connectivity index (χ0n) is 16.3. The molecule has 0 fully saturated rings. The standard InChI is InChI=1S/C19H18N6O5/c1-22-12-21-17-16(22)18(28)25(19(29)23(17)2)10-15(27)30-11-14(26)24(9-8-20)13-6-4-3-5-7-13/h3-7,12H,9-11H2,1-2H3. The number of hydrogen-bond donors (Lipinski definition) is 0. The Balaban J connectivity index is 1.76. The van der Waals surface area contributed by atoms with Gasteiger partial charge in [0.2, 0.25) is 0 Å². The molecular weight excluding hydrogens is 392 g/mol. The molecule has 0 aliphatic heterocycles. The molecule has 11 heteroatoms. The maximum atomic E-state index is 12.6. The van der Waals surface area contributed by atoms with Crippen LogP contribution in [0, 0.1) is 11.3 Å². The number of aromatic nitrogens is 4. The number of aryl methyl sites for hydroxylation is 2. The molecule has 2 aromatic heterocycles. The summed E-state index contributed by atoms with van der Waals surface area (Å²) in [7, 11) is 3.03. The van der Waals surface area contributed by atoms with Crippen LogP contribution in [-0.2, 0) is 35.0 Å². The molecule has 0 saturated carbocycles. The number of hydrogen-bond acceptors (Lipinski definition) is 7. The van der Waals surface area contributed by atoms with E-state index in [1.54, 1.807) is 37.4 Å². The monoisotopic (exact) mass is 410 g/mol. The molecule has 3 aromatic rings. The van der Waals surface area contributed by atoms with E-state index < -0.39 is 36.3 Å². The molecule has 0 unspecified atom stereocenters. The summed E-state index contributed by atoms with van der Waals surface area (Å²) in [5.74, 6) is -1.55. The average molecular weight is 410 g/mol. The van der Waals surface area contributed by atoms with Crippen molar-refractivity contribution >= 4 is 28.7 Å². The Kier molecular flexibility index (Phi) is 5.78. The highest BCUT2D eigenvalue weighted by Crippen LogP contribution is 2.13. The van der Waals surface area contributed by atoms with Gasteiger partial charge >= 0.3 is 11.7 Å². The smallest absolute Gasteiger partial charge is 0.333 e. The highest BCUT2D eigenvalue weighted by Gasteiger charge is 2.20. The lowest BCUT2D eigenvalue weighted by atomic mass is 10.3. The number of anilines is 1. The van der Waals surface area contributed by atoms with Gasteiger partial charge in [-0.25, -0.2) is 14.3 Å². The number of carbonyl (C=O) groups excluding carboxylic acids is 2. The van der Waals surface area contributed by atoms with Gasteiger partial charge in [0.25, 0.3) is 11.5 Å². The lowest BCUT2D eigenvalue weighted by molar-refractivity contribution is -0.148. The number of nitrogens with zero attached hydrogens (tertiary/aromatic N) is 6. The van der Waals surface area contributed by atoms with Gasteiger partial charge in [0, 0.05) is 19.8 Å². The number of ether oxygens (including phenoxy) is 1. The minimum absolute atomic E-state index is 0.158. The third-order valence-corrected chi connectivity index (χ3v) is 4.44. The topological polar surface area (TPSA) is 132 Å². The Labute approximate surface area is 169 Å². The maximum absolute atomic E-state index is 12.6. The Morgan fingerprint density at radius 3 is 2.57 bits per heavy atom. The summed E-state index contributed by atoms with van der Waals surface area (Å²) in [6.07, 6.45) is 1.39. The number of esters is 1. The first-order valence-corrected chi connectivity index (χ1v) is 8.84. The second-order valence-corrected chi connectivity index (χ2v) is 6.39. The van der Waals surface area contributed by atoms with E-state index in [1.165, 1.54) is 22.8 Å². The third-order valence-electron chi connectivity index (χ3n) is 4.44. The van der Waals surface area contributed by atoms with Crippen molar-refractivity contribution < 1.29 is 14.3 Å². The van der Waals surface area contributed by atoms with Crippen LogP contribution < -0.4 is 16.1 Å². The zero-order chi connectivity index (χ0) is 21.8. The number of amides is 1. The number of rotatable bonds is 6. The first-order chi connectivity index (χ1) is 14.3. The minimum Gasteiger partial charge on any atom is -0.454 e. The Bertz CT molecular complexity index is 1260. The highest BCUT2D eigenvalue weighted by atomic mass is 16.5. The van der Waals surface area contributed by atoms with Crippen molar-refractivity contribution in [2.45, 2.75) is 6.54 Å². The van der Waals surface area contributed by atoms with Crippen LogP contribution in [0.25, 0.3) is 11.2 Å². The molecule has 3 rings (SSSR count). The quantitative estimate of drug-likeness (QED) is 0.396. The predicted molar refractivity (Wildman–Crippen MR) is 106 cm³/mol.